The summed E-state index contributed by atoms with van der Waals surface area (Å²) in [7, 11) is 0. The Hall–Kier alpha value is -2.10. The zero-order valence-corrected chi connectivity index (χ0v) is 20.1. The van der Waals surface area contributed by atoms with E-state index < -0.39 is 0 Å². The molecule has 0 unspecified atom stereocenters. The minimum atomic E-state index is -0.0659. The molecule has 1 aliphatic rings. The molecule has 30 heavy (non-hydrogen) atoms. The highest BCUT2D eigenvalue weighted by molar-refractivity contribution is 14.0. The Morgan fingerprint density at radius 3 is 2.70 bits per heavy atom. The molecule has 3 rings (SSSR count). The molecule has 164 valence electrons. The molecule has 0 bridgehead atoms. The van der Waals surface area contributed by atoms with Gasteiger partial charge in [0.05, 0.1) is 25.4 Å². The number of esters is 1. The Balaban J connectivity index is 0.00000320. The van der Waals surface area contributed by atoms with E-state index >= 15 is 0 Å². The van der Waals surface area contributed by atoms with Gasteiger partial charge in [0.15, 0.2) is 5.96 Å². The average Bonchev–Trinajstić information content (AvgIpc) is 3.25. The zero-order valence-electron chi connectivity index (χ0n) is 17.8. The second-order valence-electron chi connectivity index (χ2n) is 7.24. The van der Waals surface area contributed by atoms with Crippen molar-refractivity contribution in [3.63, 3.8) is 0 Å². The first-order valence-corrected chi connectivity index (χ1v) is 10.4. The van der Waals surface area contributed by atoms with Crippen LogP contribution in [0.15, 0.2) is 48.0 Å². The van der Waals surface area contributed by atoms with Gasteiger partial charge in [0.1, 0.15) is 0 Å². The predicted molar refractivity (Wildman–Crippen MR) is 129 cm³/mol. The molecular formula is C22H32IN5O2. The number of hydrogen-bond donors (Lipinski definition) is 1. The van der Waals surface area contributed by atoms with Gasteiger partial charge in [-0.25, -0.2) is 9.98 Å². The van der Waals surface area contributed by atoms with Crippen molar-refractivity contribution in [1.29, 1.82) is 0 Å². The van der Waals surface area contributed by atoms with Gasteiger partial charge in [-0.15, -0.1) is 24.0 Å². The number of benzene rings is 1. The topological polar surface area (TPSA) is 71.8 Å². The summed E-state index contributed by atoms with van der Waals surface area (Å²) in [5.41, 5.74) is 2.41. The number of imidazole rings is 1. The molecule has 1 aromatic carbocycles. The fraction of sp³-hybridized carbons (Fsp3) is 0.500. The van der Waals surface area contributed by atoms with Crippen LogP contribution in [-0.2, 0) is 22.6 Å². The minimum absolute atomic E-state index is 0. The first kappa shape index (κ1) is 24.2. The second kappa shape index (κ2) is 12.6. The number of likely N-dealkylation sites (tertiary alicyclic amines) is 1. The lowest BCUT2D eigenvalue weighted by molar-refractivity contribution is -0.149. The van der Waals surface area contributed by atoms with Crippen molar-refractivity contribution < 1.29 is 9.53 Å². The summed E-state index contributed by atoms with van der Waals surface area (Å²) in [4.78, 5) is 23.2. The Bertz CT molecular complexity index is 802. The van der Waals surface area contributed by atoms with Crippen LogP contribution in [0.3, 0.4) is 0 Å². The normalized spacial score (nSPS) is 14.9. The SMILES string of the molecule is CCNC(=NCc1cccc(Cn2ccnc2)c1)N1CCC(C(=O)OCC)CC1.I. The van der Waals surface area contributed by atoms with E-state index in [2.05, 4.69) is 51.0 Å². The van der Waals surface area contributed by atoms with Gasteiger partial charge in [0.25, 0.3) is 0 Å². The highest BCUT2D eigenvalue weighted by Gasteiger charge is 2.27. The molecule has 2 aromatic rings. The van der Waals surface area contributed by atoms with Gasteiger partial charge in [-0.2, -0.15) is 0 Å². The van der Waals surface area contributed by atoms with E-state index in [1.165, 1.54) is 11.1 Å². The zero-order chi connectivity index (χ0) is 20.5. The fourth-order valence-corrected chi connectivity index (χ4v) is 3.60. The van der Waals surface area contributed by atoms with Crippen molar-refractivity contribution in [2.75, 3.05) is 26.2 Å². The number of piperidine rings is 1. The largest absolute Gasteiger partial charge is 0.466 e. The van der Waals surface area contributed by atoms with Gasteiger partial charge in [0.2, 0.25) is 0 Å². The minimum Gasteiger partial charge on any atom is -0.466 e. The van der Waals surface area contributed by atoms with E-state index in [1.807, 2.05) is 19.4 Å². The quantitative estimate of drug-likeness (QED) is 0.260. The lowest BCUT2D eigenvalue weighted by atomic mass is 9.97. The van der Waals surface area contributed by atoms with Crippen LogP contribution in [0, 0.1) is 5.92 Å². The van der Waals surface area contributed by atoms with Crippen LogP contribution < -0.4 is 5.32 Å². The molecule has 1 aliphatic heterocycles. The molecule has 0 radical (unpaired) electrons. The number of aromatic nitrogens is 2. The number of aliphatic imine (C=N–C) groups is 1. The Morgan fingerprint density at radius 2 is 2.03 bits per heavy atom. The van der Waals surface area contributed by atoms with Crippen LogP contribution in [0.4, 0.5) is 0 Å². The van der Waals surface area contributed by atoms with E-state index in [-0.39, 0.29) is 35.9 Å². The van der Waals surface area contributed by atoms with E-state index in [1.54, 1.807) is 6.20 Å². The van der Waals surface area contributed by atoms with E-state index in [4.69, 9.17) is 9.73 Å². The summed E-state index contributed by atoms with van der Waals surface area (Å²) in [6.45, 7) is 8.25. The van der Waals surface area contributed by atoms with Crippen LogP contribution in [0.2, 0.25) is 0 Å². The summed E-state index contributed by atoms with van der Waals surface area (Å²) >= 11 is 0. The van der Waals surface area contributed by atoms with E-state index in [9.17, 15) is 4.79 Å². The number of ether oxygens (including phenoxy) is 1. The van der Waals surface area contributed by atoms with Crippen LogP contribution >= 0.6 is 24.0 Å². The van der Waals surface area contributed by atoms with Gasteiger partial charge in [-0.05, 0) is 37.8 Å². The Kier molecular flexibility index (Phi) is 10.1. The smallest absolute Gasteiger partial charge is 0.309 e. The van der Waals surface area contributed by atoms with Crippen LogP contribution in [-0.4, -0.2) is 52.6 Å². The molecule has 1 N–H and O–H groups in total. The molecule has 8 heteroatoms. The maximum Gasteiger partial charge on any atom is 0.309 e. The summed E-state index contributed by atoms with van der Waals surface area (Å²) in [6.07, 6.45) is 7.21. The van der Waals surface area contributed by atoms with Gasteiger partial charge >= 0.3 is 5.97 Å². The van der Waals surface area contributed by atoms with E-state index in [0.29, 0.717) is 13.2 Å². The summed E-state index contributed by atoms with van der Waals surface area (Å²) in [6, 6.07) is 8.50. The molecule has 1 aromatic heterocycles. The average molecular weight is 525 g/mol. The molecule has 2 heterocycles. The summed E-state index contributed by atoms with van der Waals surface area (Å²) < 4.78 is 7.23. The summed E-state index contributed by atoms with van der Waals surface area (Å²) in [5, 5.41) is 3.39. The van der Waals surface area contributed by atoms with Gasteiger partial charge in [-0.3, -0.25) is 4.79 Å². The number of nitrogens with zero attached hydrogens (tertiary/aromatic N) is 4. The number of nitrogens with one attached hydrogen (secondary N) is 1. The monoisotopic (exact) mass is 525 g/mol. The predicted octanol–water partition coefficient (Wildman–Crippen LogP) is 3.29. The second-order valence-corrected chi connectivity index (χ2v) is 7.24. The number of carbonyl (C=O) groups is 1. The third-order valence-corrected chi connectivity index (χ3v) is 5.08. The molecule has 1 fully saturated rings. The maximum absolute atomic E-state index is 12.0. The molecule has 0 saturated carbocycles. The van der Waals surface area contributed by atoms with Gasteiger partial charge in [0, 0.05) is 38.6 Å². The first-order valence-electron chi connectivity index (χ1n) is 10.4. The third kappa shape index (κ3) is 7.00. The standard InChI is InChI=1S/C22H31N5O2.HI/c1-3-24-22(27-11-8-20(9-12-27)21(28)29-4-2)25-15-18-6-5-7-19(14-18)16-26-13-10-23-17-26;/h5-7,10,13-14,17,20H,3-4,8-9,11-12,15-16H2,1-2H3,(H,24,25);1H. The number of halogens is 1. The van der Waals surface area contributed by atoms with Crippen LogP contribution in [0.25, 0.3) is 0 Å². The van der Waals surface area contributed by atoms with Crippen molar-refractivity contribution in [3.8, 4) is 0 Å². The van der Waals surface area contributed by atoms with Crippen LogP contribution in [0.1, 0.15) is 37.8 Å². The number of carbonyl (C=O) groups excluding carboxylic acids is 1. The third-order valence-electron chi connectivity index (χ3n) is 5.08. The molecule has 0 atom stereocenters. The van der Waals surface area contributed by atoms with Gasteiger partial charge < -0.3 is 19.5 Å². The highest BCUT2D eigenvalue weighted by Crippen LogP contribution is 2.19. The van der Waals surface area contributed by atoms with Gasteiger partial charge in [-0.1, -0.05) is 24.3 Å². The number of hydrogen-bond acceptors (Lipinski definition) is 4. The Morgan fingerprint density at radius 1 is 1.27 bits per heavy atom. The van der Waals surface area contributed by atoms with Crippen molar-refractivity contribution >= 4 is 35.9 Å². The molecular weight excluding hydrogens is 493 g/mol. The van der Waals surface area contributed by atoms with Crippen LogP contribution in [0.5, 0.6) is 0 Å². The molecule has 7 nitrogen and oxygen atoms in total. The number of guanidine groups is 1. The van der Waals surface area contributed by atoms with Crippen molar-refractivity contribution in [3.05, 3.63) is 54.1 Å². The lowest BCUT2D eigenvalue weighted by Gasteiger charge is -2.33. The summed E-state index contributed by atoms with van der Waals surface area (Å²) in [5.74, 6) is 0.854. The molecule has 0 spiro atoms. The molecule has 0 amide bonds. The van der Waals surface area contributed by atoms with Crippen molar-refractivity contribution in [2.24, 2.45) is 10.9 Å². The fourth-order valence-electron chi connectivity index (χ4n) is 3.60. The van der Waals surface area contributed by atoms with Crippen molar-refractivity contribution in [1.82, 2.24) is 19.8 Å². The molecule has 0 aliphatic carbocycles. The number of rotatable bonds is 7. The molecule has 1 saturated heterocycles. The first-order chi connectivity index (χ1) is 14.2. The maximum atomic E-state index is 12.0. The Labute approximate surface area is 195 Å². The lowest BCUT2D eigenvalue weighted by Crippen LogP contribution is -2.46. The highest BCUT2D eigenvalue weighted by atomic mass is 127. The van der Waals surface area contributed by atoms with Crippen molar-refractivity contribution in [2.45, 2.75) is 39.8 Å². The van der Waals surface area contributed by atoms with E-state index in [0.717, 1.165) is 45.0 Å².